The molecule has 200 valence electrons. The molecule has 0 aliphatic carbocycles. The number of hydrogen-bond acceptors (Lipinski definition) is 8. The third-order valence-electron chi connectivity index (χ3n) is 6.11. The maximum Gasteiger partial charge on any atom is 0.270 e. The van der Waals surface area contributed by atoms with Crippen molar-refractivity contribution in [1.29, 1.82) is 0 Å². The van der Waals surface area contributed by atoms with Crippen LogP contribution < -0.4 is 19.7 Å². The number of rotatable bonds is 8. The number of anilines is 2. The molecule has 0 saturated carbocycles. The largest absolute Gasteiger partial charge is 0.495 e. The summed E-state index contributed by atoms with van der Waals surface area (Å²) in [5, 5.41) is 15.0. The molecule has 4 aromatic rings. The van der Waals surface area contributed by atoms with Crippen molar-refractivity contribution >= 4 is 44.4 Å². The topological polar surface area (TPSA) is 140 Å². The van der Waals surface area contributed by atoms with E-state index in [0.29, 0.717) is 39.3 Å². The van der Waals surface area contributed by atoms with Gasteiger partial charge in [-0.15, -0.1) is 0 Å². The van der Waals surface area contributed by atoms with Gasteiger partial charge in [0.05, 0.1) is 35.7 Å². The van der Waals surface area contributed by atoms with Gasteiger partial charge in [-0.05, 0) is 54.7 Å². The highest BCUT2D eigenvalue weighted by atomic mass is 32.2. The van der Waals surface area contributed by atoms with E-state index >= 15 is 0 Å². The van der Waals surface area contributed by atoms with Gasteiger partial charge in [0.2, 0.25) is 10.0 Å². The molecule has 1 saturated heterocycles. The quantitative estimate of drug-likeness (QED) is 0.174. The minimum atomic E-state index is -3.59. The van der Waals surface area contributed by atoms with Gasteiger partial charge in [-0.2, -0.15) is 0 Å². The van der Waals surface area contributed by atoms with Crippen molar-refractivity contribution in [3.63, 3.8) is 0 Å². The summed E-state index contributed by atoms with van der Waals surface area (Å²) >= 11 is 5.74. The van der Waals surface area contributed by atoms with E-state index in [-0.39, 0.29) is 11.4 Å². The predicted octanol–water partition coefficient (Wildman–Crippen LogP) is 4.81. The third-order valence-corrected chi connectivity index (χ3v) is 7.02. The number of ether oxygens (including phenoxy) is 1. The van der Waals surface area contributed by atoms with Crippen molar-refractivity contribution in [3.05, 3.63) is 101 Å². The molecular formula is C26H23N5O6S2. The molecule has 13 heteroatoms. The fourth-order valence-corrected chi connectivity index (χ4v) is 5.39. The second-order valence-electron chi connectivity index (χ2n) is 8.76. The van der Waals surface area contributed by atoms with Gasteiger partial charge >= 0.3 is 0 Å². The number of hydrogen-bond donors (Lipinski definition) is 2. The number of pyridine rings is 1. The molecule has 5 rings (SSSR count). The number of methoxy groups -OCH3 is 1. The molecule has 1 fully saturated rings. The van der Waals surface area contributed by atoms with E-state index < -0.39 is 27.0 Å². The Morgan fingerprint density at radius 3 is 2.64 bits per heavy atom. The Balaban J connectivity index is 1.61. The predicted molar refractivity (Wildman–Crippen MR) is 150 cm³/mol. The smallest absolute Gasteiger partial charge is 0.270 e. The highest BCUT2D eigenvalue weighted by molar-refractivity contribution is 7.92. The molecular weight excluding hydrogens is 542 g/mol. The molecule has 2 atom stereocenters. The number of aromatic nitrogens is 1. The standard InChI is InChI=1S/C26H23N5O6S2/c1-36-22-10-9-17(15-20(22)29-39(2,34)35)30-25(24(28-26(30)38)19-8-3-4-13-27-19)23-12-11-21(37-23)16-6-5-7-18(14-16)31(32)33/h3-15,24-25,29H,1-2H3,(H,28,38). The molecule has 0 radical (unpaired) electrons. The van der Waals surface area contributed by atoms with E-state index in [4.69, 9.17) is 21.4 Å². The number of nitrogens with zero attached hydrogens (tertiary/aromatic N) is 3. The second kappa shape index (κ2) is 10.3. The minimum Gasteiger partial charge on any atom is -0.495 e. The van der Waals surface area contributed by atoms with E-state index in [1.807, 2.05) is 23.1 Å². The Morgan fingerprint density at radius 1 is 1.13 bits per heavy atom. The molecule has 0 amide bonds. The lowest BCUT2D eigenvalue weighted by Crippen LogP contribution is -2.29. The average molecular weight is 566 g/mol. The summed E-state index contributed by atoms with van der Waals surface area (Å²) in [6.07, 6.45) is 2.73. The van der Waals surface area contributed by atoms with Gasteiger partial charge in [0.1, 0.15) is 23.3 Å². The minimum absolute atomic E-state index is 0.0497. The molecule has 11 nitrogen and oxygen atoms in total. The molecule has 2 unspecified atom stereocenters. The Bertz CT molecular complexity index is 1660. The van der Waals surface area contributed by atoms with Crippen LogP contribution in [0.2, 0.25) is 0 Å². The number of non-ortho nitro benzene ring substituents is 1. The lowest BCUT2D eigenvalue weighted by molar-refractivity contribution is -0.384. The number of nitrogens with one attached hydrogen (secondary N) is 2. The van der Waals surface area contributed by atoms with Crippen molar-refractivity contribution in [2.45, 2.75) is 12.1 Å². The normalized spacial score (nSPS) is 17.1. The second-order valence-corrected chi connectivity index (χ2v) is 10.9. The maximum atomic E-state index is 12.0. The Labute approximate surface area is 229 Å². The fraction of sp³-hybridized carbons (Fsp3) is 0.154. The van der Waals surface area contributed by atoms with E-state index in [1.165, 1.54) is 19.2 Å². The van der Waals surface area contributed by atoms with Crippen LogP contribution in [0, 0.1) is 10.1 Å². The Morgan fingerprint density at radius 2 is 1.95 bits per heavy atom. The molecule has 3 heterocycles. The van der Waals surface area contributed by atoms with Crippen LogP contribution in [0.15, 0.2) is 83.4 Å². The number of sulfonamides is 1. The van der Waals surface area contributed by atoms with Gasteiger partial charge < -0.3 is 19.4 Å². The lowest BCUT2D eigenvalue weighted by Gasteiger charge is -2.27. The Kier molecular flexibility index (Phi) is 6.93. The molecule has 0 bridgehead atoms. The highest BCUT2D eigenvalue weighted by Gasteiger charge is 2.43. The zero-order valence-electron chi connectivity index (χ0n) is 20.8. The van der Waals surface area contributed by atoms with Crippen molar-refractivity contribution in [3.8, 4) is 17.1 Å². The zero-order chi connectivity index (χ0) is 27.7. The van der Waals surface area contributed by atoms with Crippen molar-refractivity contribution in [2.24, 2.45) is 0 Å². The number of benzene rings is 2. The van der Waals surface area contributed by atoms with Gasteiger partial charge in [0.15, 0.2) is 5.11 Å². The van der Waals surface area contributed by atoms with Gasteiger partial charge in [0.25, 0.3) is 5.69 Å². The molecule has 2 N–H and O–H groups in total. The van der Waals surface area contributed by atoms with Crippen LogP contribution >= 0.6 is 12.2 Å². The summed E-state index contributed by atoms with van der Waals surface area (Å²) in [4.78, 5) is 17.1. The molecule has 2 aromatic heterocycles. The highest BCUT2D eigenvalue weighted by Crippen LogP contribution is 2.44. The first kappa shape index (κ1) is 26.1. The summed E-state index contributed by atoms with van der Waals surface area (Å²) in [6, 6.07) is 19.4. The summed E-state index contributed by atoms with van der Waals surface area (Å²) in [6.45, 7) is 0. The van der Waals surface area contributed by atoms with Gasteiger partial charge in [-0.3, -0.25) is 19.8 Å². The monoisotopic (exact) mass is 565 g/mol. The van der Waals surface area contributed by atoms with E-state index in [9.17, 15) is 18.5 Å². The van der Waals surface area contributed by atoms with Gasteiger partial charge in [-0.1, -0.05) is 18.2 Å². The summed E-state index contributed by atoms with van der Waals surface area (Å²) in [5.41, 5.74) is 2.04. The summed E-state index contributed by atoms with van der Waals surface area (Å²) < 4.78 is 38.1. The van der Waals surface area contributed by atoms with Crippen LogP contribution in [0.4, 0.5) is 17.1 Å². The Hall–Kier alpha value is -4.49. The third kappa shape index (κ3) is 5.40. The average Bonchev–Trinajstić information content (AvgIpc) is 3.53. The van der Waals surface area contributed by atoms with E-state index in [1.54, 1.807) is 48.7 Å². The first-order valence-electron chi connectivity index (χ1n) is 11.7. The number of furan rings is 1. The van der Waals surface area contributed by atoms with Crippen molar-refractivity contribution in [1.82, 2.24) is 10.3 Å². The first-order valence-corrected chi connectivity index (χ1v) is 14.0. The zero-order valence-corrected chi connectivity index (χ0v) is 22.4. The maximum absolute atomic E-state index is 12.0. The van der Waals surface area contributed by atoms with Crippen LogP contribution in [0.25, 0.3) is 11.3 Å². The molecule has 1 aliphatic rings. The van der Waals surface area contributed by atoms with Crippen LogP contribution in [-0.2, 0) is 10.0 Å². The molecule has 39 heavy (non-hydrogen) atoms. The molecule has 1 aliphatic heterocycles. The summed E-state index contributed by atoms with van der Waals surface area (Å²) in [7, 11) is -2.15. The number of thiocarbonyl (C=S) groups is 1. The first-order chi connectivity index (χ1) is 18.6. The van der Waals surface area contributed by atoms with Gasteiger partial charge in [-0.25, -0.2) is 8.42 Å². The van der Waals surface area contributed by atoms with Crippen molar-refractivity contribution < 1.29 is 22.5 Å². The number of nitro benzene ring substituents is 1. The van der Waals surface area contributed by atoms with Crippen LogP contribution in [0.5, 0.6) is 5.75 Å². The van der Waals surface area contributed by atoms with Gasteiger partial charge in [0, 0.05) is 29.6 Å². The SMILES string of the molecule is COc1ccc(N2C(=S)NC(c3ccccn3)C2c2ccc(-c3cccc([N+](=O)[O-])c3)o2)cc1NS(C)(=O)=O. The lowest BCUT2D eigenvalue weighted by atomic mass is 10.0. The summed E-state index contributed by atoms with van der Waals surface area (Å²) in [5.74, 6) is 1.30. The van der Waals surface area contributed by atoms with E-state index in [2.05, 4.69) is 15.0 Å². The van der Waals surface area contributed by atoms with Crippen molar-refractivity contribution in [2.75, 3.05) is 23.0 Å². The molecule has 2 aromatic carbocycles. The number of nitro groups is 1. The fourth-order valence-electron chi connectivity index (χ4n) is 4.49. The van der Waals surface area contributed by atoms with E-state index in [0.717, 1.165) is 6.26 Å². The molecule has 0 spiro atoms. The van der Waals surface area contributed by atoms with Crippen LogP contribution in [0.3, 0.4) is 0 Å². The van der Waals surface area contributed by atoms with Crippen LogP contribution in [0.1, 0.15) is 23.5 Å². The van der Waals surface area contributed by atoms with Crippen LogP contribution in [-0.4, -0.2) is 36.8 Å².